The highest BCUT2D eigenvalue weighted by Gasteiger charge is 2.19. The number of nitrogens with one attached hydrogen (secondary N) is 1. The molecule has 2 aromatic rings. The quantitative estimate of drug-likeness (QED) is 0.854. The molecule has 0 bridgehead atoms. The van der Waals surface area contributed by atoms with Gasteiger partial charge in [0, 0.05) is 16.6 Å². The molecule has 126 valence electrons. The van der Waals surface area contributed by atoms with E-state index in [-0.39, 0.29) is 30.7 Å². The van der Waals surface area contributed by atoms with E-state index in [9.17, 15) is 14.7 Å². The van der Waals surface area contributed by atoms with E-state index in [0.717, 1.165) is 9.88 Å². The number of thiazole rings is 1. The first kappa shape index (κ1) is 16.4. The Morgan fingerprint density at radius 1 is 1.50 bits per heavy atom. The molecule has 1 aromatic heterocycles. The second kappa shape index (κ2) is 6.98. The Kier molecular flexibility index (Phi) is 4.77. The Hall–Kier alpha value is -2.45. The number of aromatic carboxylic acids is 1. The minimum atomic E-state index is -1.04. The number of nitrogens with zero attached hydrogens (tertiary/aromatic N) is 1. The molecule has 0 aliphatic carbocycles. The summed E-state index contributed by atoms with van der Waals surface area (Å²) in [5.41, 5.74) is 0.811. The molecular weight excluding hydrogens is 332 g/mol. The van der Waals surface area contributed by atoms with Crippen LogP contribution in [-0.4, -0.2) is 47.8 Å². The highest BCUT2D eigenvalue weighted by atomic mass is 32.1. The number of aryl methyl sites for hydroxylation is 1. The fourth-order valence-electron chi connectivity index (χ4n) is 2.31. The number of carbonyl (C=O) groups excluding carboxylic acids is 1. The molecule has 2 heterocycles. The molecule has 24 heavy (non-hydrogen) atoms. The lowest BCUT2D eigenvalue weighted by atomic mass is 10.1. The first-order valence-corrected chi connectivity index (χ1v) is 8.14. The number of hydrogen-bond donors (Lipinski definition) is 2. The van der Waals surface area contributed by atoms with E-state index in [2.05, 4.69) is 10.3 Å². The van der Waals surface area contributed by atoms with Crippen molar-refractivity contribution in [2.75, 3.05) is 19.8 Å². The van der Waals surface area contributed by atoms with Gasteiger partial charge in [-0.1, -0.05) is 0 Å². The lowest BCUT2D eigenvalue weighted by molar-refractivity contribution is -0.131. The number of carboxylic acid groups (broad SMARTS) is 1. The van der Waals surface area contributed by atoms with Crippen molar-refractivity contribution in [3.05, 3.63) is 34.8 Å². The standard InChI is InChI=1S/C16H16N2O5S/c1-9-5-17-15(24-9)10-2-11(16(20)21)4-13(3-10)23-7-12-6-22-8-14(19)18-12/h2-5,12H,6-8H2,1H3,(H,18,19)(H,20,21). The first-order valence-electron chi connectivity index (χ1n) is 7.32. The highest BCUT2D eigenvalue weighted by molar-refractivity contribution is 7.14. The lowest BCUT2D eigenvalue weighted by Crippen LogP contribution is -2.48. The molecule has 3 rings (SSSR count). The number of amides is 1. The van der Waals surface area contributed by atoms with Crippen LogP contribution in [-0.2, 0) is 9.53 Å². The Balaban J connectivity index is 1.80. The van der Waals surface area contributed by atoms with Gasteiger partial charge in [-0.3, -0.25) is 4.79 Å². The van der Waals surface area contributed by atoms with E-state index in [1.807, 2.05) is 6.92 Å². The maximum atomic E-state index is 11.3. The molecule has 1 aliphatic heterocycles. The highest BCUT2D eigenvalue weighted by Crippen LogP contribution is 2.29. The molecule has 1 fully saturated rings. The molecule has 1 unspecified atom stereocenters. The third-order valence-corrected chi connectivity index (χ3v) is 4.35. The van der Waals surface area contributed by atoms with Crippen molar-refractivity contribution in [3.63, 3.8) is 0 Å². The molecule has 0 spiro atoms. The number of hydrogen-bond acceptors (Lipinski definition) is 6. The molecule has 0 saturated carbocycles. The number of ether oxygens (including phenoxy) is 2. The van der Waals surface area contributed by atoms with Gasteiger partial charge in [0.15, 0.2) is 0 Å². The summed E-state index contributed by atoms with van der Waals surface area (Å²) >= 11 is 1.48. The Bertz CT molecular complexity index is 774. The van der Waals surface area contributed by atoms with Gasteiger partial charge in [-0.2, -0.15) is 0 Å². The molecule has 2 N–H and O–H groups in total. The maximum Gasteiger partial charge on any atom is 0.335 e. The van der Waals surface area contributed by atoms with Crippen LogP contribution in [0, 0.1) is 6.92 Å². The zero-order valence-corrected chi connectivity index (χ0v) is 13.8. The molecule has 1 atom stereocenters. The summed E-state index contributed by atoms with van der Waals surface area (Å²) in [5.74, 6) is -0.810. The summed E-state index contributed by atoms with van der Waals surface area (Å²) in [6.07, 6.45) is 1.74. The Morgan fingerprint density at radius 2 is 2.33 bits per heavy atom. The van der Waals surface area contributed by atoms with Gasteiger partial charge in [0.25, 0.3) is 0 Å². The lowest BCUT2D eigenvalue weighted by Gasteiger charge is -2.23. The van der Waals surface area contributed by atoms with Gasteiger partial charge < -0.3 is 19.9 Å². The molecule has 0 radical (unpaired) electrons. The summed E-state index contributed by atoms with van der Waals surface area (Å²) in [5, 5.41) is 12.8. The van der Waals surface area contributed by atoms with Crippen molar-refractivity contribution >= 4 is 23.2 Å². The van der Waals surface area contributed by atoms with E-state index < -0.39 is 5.97 Å². The van der Waals surface area contributed by atoms with Crippen molar-refractivity contribution in [3.8, 4) is 16.3 Å². The maximum absolute atomic E-state index is 11.3. The van der Waals surface area contributed by atoms with Crippen molar-refractivity contribution in [2.45, 2.75) is 13.0 Å². The molecule has 8 heteroatoms. The van der Waals surface area contributed by atoms with Gasteiger partial charge in [0.2, 0.25) is 5.91 Å². The Morgan fingerprint density at radius 3 is 3.00 bits per heavy atom. The smallest absolute Gasteiger partial charge is 0.335 e. The van der Waals surface area contributed by atoms with Crippen LogP contribution in [0.1, 0.15) is 15.2 Å². The number of aromatic nitrogens is 1. The normalized spacial score (nSPS) is 17.4. The summed E-state index contributed by atoms with van der Waals surface area (Å²) in [6.45, 7) is 2.55. The third kappa shape index (κ3) is 3.90. The van der Waals surface area contributed by atoms with E-state index in [0.29, 0.717) is 17.9 Å². The van der Waals surface area contributed by atoms with Gasteiger partial charge in [-0.05, 0) is 25.1 Å². The number of benzene rings is 1. The number of carboxylic acids is 1. The number of rotatable bonds is 5. The van der Waals surface area contributed by atoms with Crippen LogP contribution in [0.25, 0.3) is 10.6 Å². The Labute approximate surface area is 142 Å². The monoisotopic (exact) mass is 348 g/mol. The van der Waals surface area contributed by atoms with Gasteiger partial charge in [0.1, 0.15) is 24.0 Å². The van der Waals surface area contributed by atoms with E-state index >= 15 is 0 Å². The number of morpholine rings is 1. The summed E-state index contributed by atoms with van der Waals surface area (Å²) < 4.78 is 10.8. The fraction of sp³-hybridized carbons (Fsp3) is 0.312. The van der Waals surface area contributed by atoms with Gasteiger partial charge >= 0.3 is 5.97 Å². The zero-order valence-electron chi connectivity index (χ0n) is 12.9. The summed E-state index contributed by atoms with van der Waals surface area (Å²) in [4.78, 5) is 28.0. The molecular formula is C16H16N2O5S. The molecule has 1 aliphatic rings. The van der Waals surface area contributed by atoms with Crippen molar-refractivity contribution in [2.24, 2.45) is 0 Å². The minimum absolute atomic E-state index is 0.0541. The molecule has 1 saturated heterocycles. The van der Waals surface area contributed by atoms with Gasteiger partial charge in [-0.25, -0.2) is 9.78 Å². The second-order valence-electron chi connectivity index (χ2n) is 5.42. The summed E-state index contributed by atoms with van der Waals surface area (Å²) in [7, 11) is 0. The minimum Gasteiger partial charge on any atom is -0.491 e. The van der Waals surface area contributed by atoms with Crippen LogP contribution in [0.4, 0.5) is 0 Å². The number of carbonyl (C=O) groups is 2. The van der Waals surface area contributed by atoms with Crippen molar-refractivity contribution < 1.29 is 24.2 Å². The predicted octanol–water partition coefficient (Wildman–Crippen LogP) is 1.71. The van der Waals surface area contributed by atoms with E-state index in [1.165, 1.54) is 17.4 Å². The third-order valence-electron chi connectivity index (χ3n) is 3.39. The van der Waals surface area contributed by atoms with Gasteiger partial charge in [0.05, 0.1) is 18.2 Å². The van der Waals surface area contributed by atoms with Crippen molar-refractivity contribution in [1.82, 2.24) is 10.3 Å². The van der Waals surface area contributed by atoms with Crippen LogP contribution in [0.5, 0.6) is 5.75 Å². The fourth-order valence-corrected chi connectivity index (χ4v) is 3.06. The van der Waals surface area contributed by atoms with Gasteiger partial charge in [-0.15, -0.1) is 11.3 Å². The SMILES string of the molecule is Cc1cnc(-c2cc(OCC3COCC(=O)N3)cc(C(=O)O)c2)s1. The topological polar surface area (TPSA) is 97.8 Å². The molecule has 1 aromatic carbocycles. The van der Waals surface area contributed by atoms with Crippen molar-refractivity contribution in [1.29, 1.82) is 0 Å². The summed E-state index contributed by atoms with van der Waals surface area (Å²) in [6, 6.07) is 4.51. The van der Waals surface area contributed by atoms with Crippen LogP contribution in [0.2, 0.25) is 0 Å². The predicted molar refractivity (Wildman–Crippen MR) is 87.5 cm³/mol. The van der Waals surface area contributed by atoms with Crippen LogP contribution in [0.3, 0.4) is 0 Å². The molecule has 7 nitrogen and oxygen atoms in total. The zero-order chi connectivity index (χ0) is 17.1. The largest absolute Gasteiger partial charge is 0.491 e. The average Bonchev–Trinajstić information content (AvgIpc) is 2.99. The van der Waals surface area contributed by atoms with E-state index in [1.54, 1.807) is 18.3 Å². The first-order chi connectivity index (χ1) is 11.5. The average molecular weight is 348 g/mol. The van der Waals surface area contributed by atoms with Crippen LogP contribution < -0.4 is 10.1 Å². The van der Waals surface area contributed by atoms with E-state index in [4.69, 9.17) is 9.47 Å². The molecule has 1 amide bonds. The second-order valence-corrected chi connectivity index (χ2v) is 6.65. The van der Waals surface area contributed by atoms with Crippen LogP contribution in [0.15, 0.2) is 24.4 Å². The van der Waals surface area contributed by atoms with Crippen LogP contribution >= 0.6 is 11.3 Å².